The van der Waals surface area contributed by atoms with Crippen LogP contribution in [-0.2, 0) is 25.7 Å². The van der Waals surface area contributed by atoms with Gasteiger partial charge in [0.25, 0.3) is 0 Å². The van der Waals surface area contributed by atoms with Gasteiger partial charge in [0, 0.05) is 18.4 Å². The summed E-state index contributed by atoms with van der Waals surface area (Å²) in [6, 6.07) is 7.42. The van der Waals surface area contributed by atoms with E-state index in [-0.39, 0.29) is 31.4 Å². The summed E-state index contributed by atoms with van der Waals surface area (Å²) in [4.78, 5) is 23.6. The molecule has 0 aliphatic rings. The molecule has 0 aliphatic carbocycles. The molecule has 0 spiro atoms. The minimum atomic E-state index is -0.316. The molecule has 1 aromatic rings. The number of hydrogen-bond donors (Lipinski definition) is 0. The molecule has 30 heavy (non-hydrogen) atoms. The van der Waals surface area contributed by atoms with E-state index in [1.54, 1.807) is 7.11 Å². The van der Waals surface area contributed by atoms with Gasteiger partial charge in [-0.2, -0.15) is 0 Å². The maximum atomic E-state index is 11.8. The Morgan fingerprint density at radius 3 is 1.93 bits per heavy atom. The van der Waals surface area contributed by atoms with Crippen LogP contribution in [0.2, 0.25) is 0 Å². The normalized spacial score (nSPS) is 10.6. The number of carbonyl (C=O) groups excluding carboxylic acids is 2. The van der Waals surface area contributed by atoms with Gasteiger partial charge in [-0.1, -0.05) is 82.9 Å². The van der Waals surface area contributed by atoms with Gasteiger partial charge < -0.3 is 14.2 Å². The monoisotopic (exact) mass is 420 g/mol. The number of unbranched alkanes of at least 4 members (excludes halogenated alkanes) is 9. The average Bonchev–Trinajstić information content (AvgIpc) is 2.76. The largest absolute Gasteiger partial charge is 0.496 e. The molecule has 170 valence electrons. The van der Waals surface area contributed by atoms with Gasteiger partial charge >= 0.3 is 11.9 Å². The van der Waals surface area contributed by atoms with Crippen molar-refractivity contribution in [2.24, 2.45) is 0 Å². The summed E-state index contributed by atoms with van der Waals surface area (Å²) in [7, 11) is 1.59. The number of hydrogen-bond acceptors (Lipinski definition) is 5. The van der Waals surface area contributed by atoms with Crippen LogP contribution in [0, 0.1) is 0 Å². The van der Waals surface area contributed by atoms with E-state index in [1.165, 1.54) is 51.4 Å². The van der Waals surface area contributed by atoms with Crippen LogP contribution in [0.15, 0.2) is 24.3 Å². The first kappa shape index (κ1) is 26.0. The van der Waals surface area contributed by atoms with E-state index >= 15 is 0 Å². The van der Waals surface area contributed by atoms with Gasteiger partial charge in [-0.3, -0.25) is 9.59 Å². The first-order valence-electron chi connectivity index (χ1n) is 11.6. The Morgan fingerprint density at radius 1 is 0.733 bits per heavy atom. The molecule has 0 atom stereocenters. The van der Waals surface area contributed by atoms with Crippen molar-refractivity contribution in [2.45, 2.75) is 97.0 Å². The fourth-order valence-electron chi connectivity index (χ4n) is 3.28. The first-order chi connectivity index (χ1) is 14.7. The van der Waals surface area contributed by atoms with Crippen LogP contribution in [-0.4, -0.2) is 25.7 Å². The molecule has 0 saturated heterocycles. The zero-order valence-electron chi connectivity index (χ0n) is 19.0. The number of rotatable bonds is 18. The molecule has 0 N–H and O–H groups in total. The fraction of sp³-hybridized carbons (Fsp3) is 0.680. The Kier molecular flexibility index (Phi) is 15.4. The predicted molar refractivity (Wildman–Crippen MR) is 119 cm³/mol. The highest BCUT2D eigenvalue weighted by molar-refractivity contribution is 5.72. The minimum Gasteiger partial charge on any atom is -0.496 e. The molecule has 0 radical (unpaired) electrons. The van der Waals surface area contributed by atoms with E-state index in [9.17, 15) is 9.59 Å². The molecule has 0 bridgehead atoms. The second-order valence-corrected chi connectivity index (χ2v) is 7.73. The van der Waals surface area contributed by atoms with Gasteiger partial charge in [-0.25, -0.2) is 0 Å². The van der Waals surface area contributed by atoms with Gasteiger partial charge in [0.2, 0.25) is 0 Å². The van der Waals surface area contributed by atoms with E-state index in [0.717, 1.165) is 18.4 Å². The van der Waals surface area contributed by atoms with E-state index < -0.39 is 0 Å². The molecule has 5 nitrogen and oxygen atoms in total. The van der Waals surface area contributed by atoms with E-state index in [0.29, 0.717) is 18.8 Å². The smallest absolute Gasteiger partial charge is 0.306 e. The molecule has 0 aliphatic heterocycles. The van der Waals surface area contributed by atoms with Crippen molar-refractivity contribution < 1.29 is 23.8 Å². The Bertz CT molecular complexity index is 585. The fourth-order valence-corrected chi connectivity index (χ4v) is 3.28. The maximum Gasteiger partial charge on any atom is 0.306 e. The van der Waals surface area contributed by atoms with Crippen molar-refractivity contribution in [3.8, 4) is 5.75 Å². The molecule has 1 aromatic carbocycles. The van der Waals surface area contributed by atoms with Gasteiger partial charge in [0.1, 0.15) is 12.4 Å². The van der Waals surface area contributed by atoms with Crippen LogP contribution in [0.4, 0.5) is 0 Å². The van der Waals surface area contributed by atoms with E-state index in [1.807, 2.05) is 24.3 Å². The summed E-state index contributed by atoms with van der Waals surface area (Å²) in [6.45, 7) is 2.89. The van der Waals surface area contributed by atoms with Crippen LogP contribution >= 0.6 is 0 Å². The number of methoxy groups -OCH3 is 1. The molecular formula is C25H40O5. The maximum absolute atomic E-state index is 11.8. The Morgan fingerprint density at radius 2 is 1.30 bits per heavy atom. The van der Waals surface area contributed by atoms with Crippen LogP contribution in [0.1, 0.15) is 96.0 Å². The molecule has 5 heteroatoms. The van der Waals surface area contributed by atoms with E-state index in [2.05, 4.69) is 6.92 Å². The third kappa shape index (κ3) is 13.2. The van der Waals surface area contributed by atoms with Crippen molar-refractivity contribution in [3.63, 3.8) is 0 Å². The Balaban J connectivity index is 1.95. The van der Waals surface area contributed by atoms with Crippen molar-refractivity contribution in [2.75, 3.05) is 13.7 Å². The lowest BCUT2D eigenvalue weighted by atomic mass is 10.1. The summed E-state index contributed by atoms with van der Waals surface area (Å²) in [5.74, 6) is 0.146. The van der Waals surface area contributed by atoms with Crippen molar-refractivity contribution in [1.82, 2.24) is 0 Å². The summed E-state index contributed by atoms with van der Waals surface area (Å²) >= 11 is 0. The molecule has 0 aromatic heterocycles. The average molecular weight is 421 g/mol. The number of esters is 2. The summed E-state index contributed by atoms with van der Waals surface area (Å²) < 4.78 is 15.7. The third-order valence-corrected chi connectivity index (χ3v) is 5.10. The molecular weight excluding hydrogens is 380 g/mol. The molecule has 1 rings (SSSR count). The molecule has 0 heterocycles. The van der Waals surface area contributed by atoms with Gasteiger partial charge in [0.15, 0.2) is 0 Å². The Hall–Kier alpha value is -2.04. The predicted octanol–water partition coefficient (Wildman–Crippen LogP) is 6.37. The second-order valence-electron chi connectivity index (χ2n) is 7.73. The number of ether oxygens (including phenoxy) is 3. The van der Waals surface area contributed by atoms with Gasteiger partial charge in [-0.15, -0.1) is 0 Å². The number of carbonyl (C=O) groups is 2. The van der Waals surface area contributed by atoms with Gasteiger partial charge in [-0.05, 0) is 18.9 Å². The Labute approximate surface area is 182 Å². The molecule has 0 unspecified atom stereocenters. The standard InChI is InChI=1S/C25H40O5/c1-3-4-5-6-7-8-9-10-11-14-20-29-24(26)18-15-19-25(27)30-21-22-16-12-13-17-23(22)28-2/h12-13,16-17H,3-11,14-15,18-21H2,1-2H3. The lowest BCUT2D eigenvalue weighted by molar-refractivity contribution is -0.146. The summed E-state index contributed by atoms with van der Waals surface area (Å²) in [5.41, 5.74) is 0.823. The molecule has 0 amide bonds. The lowest BCUT2D eigenvalue weighted by Gasteiger charge is -2.09. The highest BCUT2D eigenvalue weighted by Crippen LogP contribution is 2.18. The summed E-state index contributed by atoms with van der Waals surface area (Å²) in [5, 5.41) is 0. The quantitative estimate of drug-likeness (QED) is 0.204. The zero-order valence-corrected chi connectivity index (χ0v) is 19.0. The third-order valence-electron chi connectivity index (χ3n) is 5.10. The van der Waals surface area contributed by atoms with Crippen LogP contribution in [0.25, 0.3) is 0 Å². The second kappa shape index (κ2) is 17.8. The number of para-hydroxylation sites is 1. The lowest BCUT2D eigenvalue weighted by Crippen LogP contribution is -2.09. The molecule has 0 saturated carbocycles. The van der Waals surface area contributed by atoms with E-state index in [4.69, 9.17) is 14.2 Å². The first-order valence-corrected chi connectivity index (χ1v) is 11.6. The highest BCUT2D eigenvalue weighted by Gasteiger charge is 2.09. The van der Waals surface area contributed by atoms with Crippen LogP contribution in [0.5, 0.6) is 5.75 Å². The SMILES string of the molecule is CCCCCCCCCCCCOC(=O)CCCC(=O)OCc1ccccc1OC. The minimum absolute atomic E-state index is 0.173. The molecule has 0 fully saturated rings. The van der Waals surface area contributed by atoms with Crippen molar-refractivity contribution in [3.05, 3.63) is 29.8 Å². The zero-order chi connectivity index (χ0) is 21.9. The van der Waals surface area contributed by atoms with Gasteiger partial charge in [0.05, 0.1) is 13.7 Å². The highest BCUT2D eigenvalue weighted by atomic mass is 16.5. The topological polar surface area (TPSA) is 61.8 Å². The summed E-state index contributed by atoms with van der Waals surface area (Å²) in [6.07, 6.45) is 13.5. The van der Waals surface area contributed by atoms with Crippen LogP contribution < -0.4 is 4.74 Å². The van der Waals surface area contributed by atoms with Crippen molar-refractivity contribution >= 4 is 11.9 Å². The van der Waals surface area contributed by atoms with Crippen LogP contribution in [0.3, 0.4) is 0 Å². The van der Waals surface area contributed by atoms with Crippen molar-refractivity contribution in [1.29, 1.82) is 0 Å². The number of benzene rings is 1.